The normalized spacial score (nSPS) is 15.4. The quantitative estimate of drug-likeness (QED) is 0.918. The fourth-order valence-electron chi connectivity index (χ4n) is 2.78. The van der Waals surface area contributed by atoms with Crippen molar-refractivity contribution in [2.75, 3.05) is 30.4 Å². The smallest absolute Gasteiger partial charge is 0.263 e. The summed E-state index contributed by atoms with van der Waals surface area (Å²) in [6.45, 7) is 4.22. The molecular weight excluding hydrogens is 308 g/mol. The lowest BCUT2D eigenvalue weighted by molar-refractivity contribution is 0.102. The number of hydrogen-bond acceptors (Lipinski definition) is 6. The Labute approximate surface area is 140 Å². The molecule has 2 aromatic rings. The third-order valence-electron chi connectivity index (χ3n) is 4.23. The Bertz CT molecular complexity index is 721. The summed E-state index contributed by atoms with van der Waals surface area (Å²) in [6.07, 6.45) is 5.39. The summed E-state index contributed by atoms with van der Waals surface area (Å²) in [5.41, 5.74) is 0.368. The fraction of sp³-hybridized carbons (Fsp3) is 0.500. The van der Waals surface area contributed by atoms with Gasteiger partial charge in [0.15, 0.2) is 0 Å². The molecule has 0 spiro atoms. The molecule has 1 fully saturated rings. The lowest BCUT2D eigenvalue weighted by Crippen LogP contribution is -2.33. The number of rotatable bonds is 4. The van der Waals surface area contributed by atoms with Crippen molar-refractivity contribution in [1.29, 1.82) is 0 Å². The van der Waals surface area contributed by atoms with Gasteiger partial charge in [-0.15, -0.1) is 5.10 Å². The maximum Gasteiger partial charge on any atom is 0.263 e. The van der Waals surface area contributed by atoms with E-state index in [1.165, 1.54) is 18.1 Å². The average Bonchev–Trinajstić information content (AvgIpc) is 2.97. The molecule has 1 saturated heterocycles. The molecule has 8 nitrogen and oxygen atoms in total. The van der Waals surface area contributed by atoms with Crippen LogP contribution in [0.2, 0.25) is 0 Å². The largest absolute Gasteiger partial charge is 0.479 e. The SMILES string of the molecule is COc1nn(C)cc1C(=O)Nc1cc(N2CCC(C)CC2)ncn1. The Morgan fingerprint density at radius 3 is 2.79 bits per heavy atom. The number of aromatic nitrogens is 4. The summed E-state index contributed by atoms with van der Waals surface area (Å²) in [7, 11) is 3.22. The molecule has 0 saturated carbocycles. The summed E-state index contributed by atoms with van der Waals surface area (Å²) >= 11 is 0. The minimum Gasteiger partial charge on any atom is -0.479 e. The molecule has 0 atom stereocenters. The molecule has 1 aliphatic heterocycles. The van der Waals surface area contributed by atoms with Crippen molar-refractivity contribution in [2.45, 2.75) is 19.8 Å². The van der Waals surface area contributed by atoms with Crippen LogP contribution in [0.25, 0.3) is 0 Å². The van der Waals surface area contributed by atoms with Crippen LogP contribution in [0, 0.1) is 5.92 Å². The van der Waals surface area contributed by atoms with E-state index >= 15 is 0 Å². The standard InChI is InChI=1S/C16H22N6O2/c1-11-4-6-22(7-5-11)14-8-13(17-10-18-14)19-15(23)12-9-21(2)20-16(12)24-3/h8-11H,4-7H2,1-3H3,(H,17,18,19,23). The van der Waals surface area contributed by atoms with Crippen LogP contribution >= 0.6 is 0 Å². The zero-order valence-corrected chi connectivity index (χ0v) is 14.2. The highest BCUT2D eigenvalue weighted by Crippen LogP contribution is 2.23. The van der Waals surface area contributed by atoms with E-state index in [2.05, 4.69) is 32.2 Å². The van der Waals surface area contributed by atoms with E-state index in [9.17, 15) is 4.79 Å². The third kappa shape index (κ3) is 3.47. The first-order valence-corrected chi connectivity index (χ1v) is 8.03. The number of anilines is 2. The Hall–Kier alpha value is -2.64. The predicted molar refractivity (Wildman–Crippen MR) is 90.4 cm³/mol. The lowest BCUT2D eigenvalue weighted by Gasteiger charge is -2.31. The maximum absolute atomic E-state index is 12.4. The summed E-state index contributed by atoms with van der Waals surface area (Å²) < 4.78 is 6.66. The van der Waals surface area contributed by atoms with Crippen LogP contribution in [-0.4, -0.2) is 45.9 Å². The molecule has 3 rings (SSSR count). The minimum atomic E-state index is -0.308. The molecule has 1 aliphatic rings. The van der Waals surface area contributed by atoms with Crippen LogP contribution < -0.4 is 15.0 Å². The number of carbonyl (C=O) groups excluding carboxylic acids is 1. The van der Waals surface area contributed by atoms with E-state index < -0.39 is 0 Å². The molecule has 24 heavy (non-hydrogen) atoms. The predicted octanol–water partition coefficient (Wildman–Crippen LogP) is 1.71. The molecular formula is C16H22N6O2. The van der Waals surface area contributed by atoms with Crippen molar-refractivity contribution < 1.29 is 9.53 Å². The van der Waals surface area contributed by atoms with Crippen LogP contribution in [-0.2, 0) is 7.05 Å². The molecule has 8 heteroatoms. The number of aryl methyl sites for hydroxylation is 1. The number of amides is 1. The van der Waals surface area contributed by atoms with Gasteiger partial charge >= 0.3 is 0 Å². The van der Waals surface area contributed by atoms with Gasteiger partial charge in [0.1, 0.15) is 23.5 Å². The second-order valence-corrected chi connectivity index (χ2v) is 6.11. The highest BCUT2D eigenvalue weighted by molar-refractivity contribution is 6.05. The van der Waals surface area contributed by atoms with Crippen molar-refractivity contribution in [3.8, 4) is 5.88 Å². The van der Waals surface area contributed by atoms with Crippen molar-refractivity contribution in [3.05, 3.63) is 24.2 Å². The Morgan fingerprint density at radius 2 is 2.08 bits per heavy atom. The van der Waals surface area contributed by atoms with Gasteiger partial charge in [0.25, 0.3) is 5.91 Å². The molecule has 0 radical (unpaired) electrons. The Morgan fingerprint density at radius 1 is 1.33 bits per heavy atom. The molecule has 0 bridgehead atoms. The van der Waals surface area contributed by atoms with Crippen LogP contribution in [0.15, 0.2) is 18.6 Å². The minimum absolute atomic E-state index is 0.286. The van der Waals surface area contributed by atoms with E-state index in [4.69, 9.17) is 4.74 Å². The van der Waals surface area contributed by atoms with Crippen LogP contribution in [0.1, 0.15) is 30.1 Å². The van der Waals surface area contributed by atoms with E-state index in [1.807, 2.05) is 0 Å². The van der Waals surface area contributed by atoms with Gasteiger partial charge in [0.2, 0.25) is 5.88 Å². The monoisotopic (exact) mass is 330 g/mol. The number of carbonyl (C=O) groups is 1. The number of hydrogen-bond donors (Lipinski definition) is 1. The number of ether oxygens (including phenoxy) is 1. The van der Waals surface area contributed by atoms with Gasteiger partial charge in [0, 0.05) is 32.4 Å². The van der Waals surface area contributed by atoms with Gasteiger partial charge in [-0.25, -0.2) is 9.97 Å². The number of piperidine rings is 1. The first-order chi connectivity index (χ1) is 11.6. The molecule has 0 unspecified atom stereocenters. The molecule has 3 heterocycles. The molecule has 128 valence electrons. The van der Waals surface area contributed by atoms with Crippen LogP contribution in [0.5, 0.6) is 5.88 Å². The Kier molecular flexibility index (Phi) is 4.64. The molecule has 0 aromatic carbocycles. The zero-order valence-electron chi connectivity index (χ0n) is 14.2. The van der Waals surface area contributed by atoms with Gasteiger partial charge in [-0.2, -0.15) is 0 Å². The number of nitrogens with zero attached hydrogens (tertiary/aromatic N) is 5. The van der Waals surface area contributed by atoms with Crippen molar-refractivity contribution >= 4 is 17.5 Å². The molecule has 1 amide bonds. The molecule has 2 aromatic heterocycles. The third-order valence-corrected chi connectivity index (χ3v) is 4.23. The van der Waals surface area contributed by atoms with Crippen molar-refractivity contribution in [1.82, 2.24) is 19.7 Å². The summed E-state index contributed by atoms with van der Waals surface area (Å²) in [4.78, 5) is 23.1. The van der Waals surface area contributed by atoms with Gasteiger partial charge in [-0.05, 0) is 18.8 Å². The van der Waals surface area contributed by atoms with Crippen LogP contribution in [0.4, 0.5) is 11.6 Å². The fourth-order valence-corrected chi connectivity index (χ4v) is 2.78. The lowest BCUT2D eigenvalue weighted by atomic mass is 9.99. The summed E-state index contributed by atoms with van der Waals surface area (Å²) in [5.74, 6) is 2.03. The first kappa shape index (κ1) is 16.2. The second kappa shape index (κ2) is 6.86. The molecule has 0 aliphatic carbocycles. The van der Waals surface area contributed by atoms with E-state index in [-0.39, 0.29) is 11.8 Å². The maximum atomic E-state index is 12.4. The van der Waals surface area contributed by atoms with Gasteiger partial charge in [0.05, 0.1) is 7.11 Å². The zero-order chi connectivity index (χ0) is 17.1. The van der Waals surface area contributed by atoms with Crippen molar-refractivity contribution in [3.63, 3.8) is 0 Å². The second-order valence-electron chi connectivity index (χ2n) is 6.11. The number of methoxy groups -OCH3 is 1. The highest BCUT2D eigenvalue weighted by Gasteiger charge is 2.19. The summed E-state index contributed by atoms with van der Waals surface area (Å²) in [5, 5.41) is 6.87. The molecule has 1 N–H and O–H groups in total. The van der Waals surface area contributed by atoms with Gasteiger partial charge in [-0.1, -0.05) is 6.92 Å². The topological polar surface area (TPSA) is 85.2 Å². The van der Waals surface area contributed by atoms with E-state index in [1.54, 1.807) is 19.3 Å². The van der Waals surface area contributed by atoms with E-state index in [0.717, 1.165) is 37.7 Å². The highest BCUT2D eigenvalue weighted by atomic mass is 16.5. The summed E-state index contributed by atoms with van der Waals surface area (Å²) in [6, 6.07) is 1.80. The van der Waals surface area contributed by atoms with Crippen LogP contribution in [0.3, 0.4) is 0 Å². The van der Waals surface area contributed by atoms with Gasteiger partial charge in [-0.3, -0.25) is 9.48 Å². The first-order valence-electron chi connectivity index (χ1n) is 8.03. The van der Waals surface area contributed by atoms with Gasteiger partial charge < -0.3 is 15.0 Å². The van der Waals surface area contributed by atoms with E-state index in [0.29, 0.717) is 11.4 Å². The number of nitrogens with one attached hydrogen (secondary N) is 1. The average molecular weight is 330 g/mol. The Balaban J connectivity index is 1.73. The van der Waals surface area contributed by atoms with Crippen molar-refractivity contribution in [2.24, 2.45) is 13.0 Å².